The van der Waals surface area contributed by atoms with Crippen LogP contribution in [-0.2, 0) is 0 Å². The smallest absolute Gasteiger partial charge is 0.0913 e. The summed E-state index contributed by atoms with van der Waals surface area (Å²) < 4.78 is 0. The summed E-state index contributed by atoms with van der Waals surface area (Å²) in [6, 6.07) is 10.3. The Balaban J connectivity index is 0.00000144. The van der Waals surface area contributed by atoms with E-state index in [4.69, 9.17) is 5.73 Å². The van der Waals surface area contributed by atoms with Crippen molar-refractivity contribution in [2.75, 3.05) is 0 Å². The maximum absolute atomic E-state index is 5.48. The molecule has 1 aromatic carbocycles. The van der Waals surface area contributed by atoms with Gasteiger partial charge in [-0.3, -0.25) is 4.99 Å². The van der Waals surface area contributed by atoms with Gasteiger partial charge in [0.2, 0.25) is 0 Å². The summed E-state index contributed by atoms with van der Waals surface area (Å²) in [5.41, 5.74) is 6.68. The van der Waals surface area contributed by atoms with Crippen molar-refractivity contribution in [3.8, 4) is 0 Å². The summed E-state index contributed by atoms with van der Waals surface area (Å²) in [5, 5.41) is 0. The van der Waals surface area contributed by atoms with E-state index in [1.54, 1.807) is 6.92 Å². The van der Waals surface area contributed by atoms with Crippen LogP contribution in [0.15, 0.2) is 35.3 Å². The molecule has 1 rings (SSSR count). The predicted octanol–water partition coefficient (Wildman–Crippen LogP) is 2.70. The topological polar surface area (TPSA) is 38.4 Å². The molecule has 1 aromatic rings. The number of aliphatic imine (C=N–C) groups is 1. The van der Waals surface area contributed by atoms with Gasteiger partial charge in [0, 0.05) is 0 Å². The number of nitrogens with zero attached hydrogens (tertiary/aromatic N) is 1. The number of benzene rings is 1. The van der Waals surface area contributed by atoms with Gasteiger partial charge in [0.1, 0.15) is 0 Å². The zero-order valence-corrected chi connectivity index (χ0v) is 9.61. The van der Waals surface area contributed by atoms with Gasteiger partial charge in [0.25, 0.3) is 0 Å². The molecule has 0 bridgehead atoms. The van der Waals surface area contributed by atoms with E-state index in [2.05, 4.69) is 17.1 Å². The summed E-state index contributed by atoms with van der Waals surface area (Å²) in [7, 11) is 0. The van der Waals surface area contributed by atoms with Crippen molar-refractivity contribution in [3.05, 3.63) is 35.9 Å². The molecule has 0 aliphatic heterocycles. The van der Waals surface area contributed by atoms with E-state index in [-0.39, 0.29) is 23.0 Å². The third-order valence-electron chi connectivity index (χ3n) is 1.68. The molecule has 0 radical (unpaired) electrons. The highest BCUT2D eigenvalue weighted by molar-refractivity contribution is 8.93. The van der Waals surface area contributed by atoms with Crippen molar-refractivity contribution in [1.82, 2.24) is 0 Å². The molecule has 0 saturated heterocycles. The van der Waals surface area contributed by atoms with Crippen molar-refractivity contribution in [2.24, 2.45) is 10.7 Å². The maximum Gasteiger partial charge on any atom is 0.0913 e. The number of nitrogens with two attached hydrogens (primary N) is 1. The Kier molecular flexibility index (Phi) is 5.39. The van der Waals surface area contributed by atoms with Crippen LogP contribution in [0.3, 0.4) is 0 Å². The monoisotopic (exact) mass is 242 g/mol. The number of halogens is 1. The highest BCUT2D eigenvalue weighted by Gasteiger charge is 2.00. The standard InChI is InChI=1S/C10H14N2.BrH/c1-8(12-9(2)11)10-6-4-3-5-7-10;/h3-8H,1-2H3,(H2,11,12);1H/t8-;/m1./s1. The average Bonchev–Trinajstić information content (AvgIpc) is 2.05. The highest BCUT2D eigenvalue weighted by Crippen LogP contribution is 2.15. The minimum absolute atomic E-state index is 0. The van der Waals surface area contributed by atoms with Gasteiger partial charge in [-0.05, 0) is 19.4 Å². The van der Waals surface area contributed by atoms with Gasteiger partial charge in [-0.25, -0.2) is 0 Å². The molecule has 2 N–H and O–H groups in total. The van der Waals surface area contributed by atoms with Crippen molar-refractivity contribution >= 4 is 22.8 Å². The number of hydrogen-bond acceptors (Lipinski definition) is 1. The third-order valence-corrected chi connectivity index (χ3v) is 1.68. The first-order chi connectivity index (χ1) is 5.70. The van der Waals surface area contributed by atoms with Gasteiger partial charge in [-0.1, -0.05) is 30.3 Å². The molecule has 3 heteroatoms. The van der Waals surface area contributed by atoms with Crippen LogP contribution in [0.4, 0.5) is 0 Å². The first-order valence-corrected chi connectivity index (χ1v) is 4.05. The fraction of sp³-hybridized carbons (Fsp3) is 0.300. The molecule has 0 amide bonds. The zero-order chi connectivity index (χ0) is 8.97. The lowest BCUT2D eigenvalue weighted by molar-refractivity contribution is 0.817. The lowest BCUT2D eigenvalue weighted by Crippen LogP contribution is -2.07. The first kappa shape index (κ1) is 12.2. The largest absolute Gasteiger partial charge is 0.388 e. The molecular weight excluding hydrogens is 228 g/mol. The number of hydrogen-bond donors (Lipinski definition) is 1. The highest BCUT2D eigenvalue weighted by atomic mass is 79.9. The van der Waals surface area contributed by atoms with Crippen LogP contribution >= 0.6 is 17.0 Å². The number of amidine groups is 1. The Morgan fingerprint density at radius 2 is 1.85 bits per heavy atom. The van der Waals surface area contributed by atoms with Crippen LogP contribution < -0.4 is 5.73 Å². The summed E-state index contributed by atoms with van der Waals surface area (Å²) in [5.74, 6) is 0.631. The summed E-state index contributed by atoms with van der Waals surface area (Å²) in [4.78, 5) is 4.24. The van der Waals surface area contributed by atoms with Crippen molar-refractivity contribution in [1.29, 1.82) is 0 Å². The van der Waals surface area contributed by atoms with E-state index >= 15 is 0 Å². The molecule has 13 heavy (non-hydrogen) atoms. The van der Waals surface area contributed by atoms with E-state index in [9.17, 15) is 0 Å². The van der Waals surface area contributed by atoms with Gasteiger partial charge >= 0.3 is 0 Å². The molecule has 0 aromatic heterocycles. The molecule has 0 aliphatic rings. The van der Waals surface area contributed by atoms with Crippen molar-refractivity contribution in [3.63, 3.8) is 0 Å². The molecule has 0 heterocycles. The van der Waals surface area contributed by atoms with E-state index in [0.717, 1.165) is 0 Å². The normalized spacial score (nSPS) is 13.2. The Bertz CT molecular complexity index is 266. The van der Waals surface area contributed by atoms with Gasteiger partial charge in [0.05, 0.1) is 11.9 Å². The van der Waals surface area contributed by atoms with Gasteiger partial charge in [-0.2, -0.15) is 0 Å². The molecule has 0 saturated carbocycles. The minimum atomic E-state index is 0. The van der Waals surface area contributed by atoms with Crippen LogP contribution in [-0.4, -0.2) is 5.84 Å². The lowest BCUT2D eigenvalue weighted by Gasteiger charge is -2.05. The van der Waals surface area contributed by atoms with E-state index < -0.39 is 0 Å². The Morgan fingerprint density at radius 1 is 1.31 bits per heavy atom. The molecule has 72 valence electrons. The Hall–Kier alpha value is -0.830. The molecular formula is C10H15BrN2. The molecule has 1 atom stereocenters. The molecule has 0 aliphatic carbocycles. The molecule has 2 nitrogen and oxygen atoms in total. The van der Waals surface area contributed by atoms with Crippen LogP contribution in [0.1, 0.15) is 25.5 Å². The van der Waals surface area contributed by atoms with Crippen LogP contribution in [0.5, 0.6) is 0 Å². The maximum atomic E-state index is 5.48. The first-order valence-electron chi connectivity index (χ1n) is 4.05. The Labute approximate surface area is 89.6 Å². The molecule has 0 spiro atoms. The lowest BCUT2D eigenvalue weighted by atomic mass is 10.1. The van der Waals surface area contributed by atoms with Crippen molar-refractivity contribution < 1.29 is 0 Å². The van der Waals surface area contributed by atoms with E-state index in [1.165, 1.54) is 5.56 Å². The fourth-order valence-electron chi connectivity index (χ4n) is 1.11. The fourth-order valence-corrected chi connectivity index (χ4v) is 1.11. The van der Waals surface area contributed by atoms with Gasteiger partial charge in [0.15, 0.2) is 0 Å². The minimum Gasteiger partial charge on any atom is -0.388 e. The van der Waals surface area contributed by atoms with Crippen LogP contribution in [0.2, 0.25) is 0 Å². The zero-order valence-electron chi connectivity index (χ0n) is 7.90. The number of rotatable bonds is 2. The summed E-state index contributed by atoms with van der Waals surface area (Å²) in [6.45, 7) is 3.84. The average molecular weight is 243 g/mol. The third kappa shape index (κ3) is 4.08. The second-order valence-electron chi connectivity index (χ2n) is 2.86. The summed E-state index contributed by atoms with van der Waals surface area (Å²) in [6.07, 6.45) is 0. The molecule has 0 unspecified atom stereocenters. The summed E-state index contributed by atoms with van der Waals surface area (Å²) >= 11 is 0. The van der Waals surface area contributed by atoms with E-state index in [1.807, 2.05) is 25.1 Å². The molecule has 0 fully saturated rings. The van der Waals surface area contributed by atoms with Crippen LogP contribution in [0, 0.1) is 0 Å². The Morgan fingerprint density at radius 3 is 2.31 bits per heavy atom. The second-order valence-corrected chi connectivity index (χ2v) is 2.86. The van der Waals surface area contributed by atoms with Crippen molar-refractivity contribution in [2.45, 2.75) is 19.9 Å². The predicted molar refractivity (Wildman–Crippen MR) is 62.5 cm³/mol. The van der Waals surface area contributed by atoms with Gasteiger partial charge in [-0.15, -0.1) is 17.0 Å². The quantitative estimate of drug-likeness (QED) is 0.629. The van der Waals surface area contributed by atoms with Crippen LogP contribution in [0.25, 0.3) is 0 Å². The second kappa shape index (κ2) is 5.75. The SMILES string of the molecule is Br.CC(N)=N[C@H](C)c1ccccc1. The van der Waals surface area contributed by atoms with Gasteiger partial charge < -0.3 is 5.73 Å². The van der Waals surface area contributed by atoms with E-state index in [0.29, 0.717) is 5.84 Å².